The standard InChI is InChI=1S/C31H25Cl2N3O6/c1-3-41-28-14-19(10-13-27(28)42-31(39)25-12-11-22(32)17-26(25)33)18-34-36-30(38)20-6-4-8-23(15-20)35-29(37)21-7-5-9-24(16-21)40-2/h4-18H,3H2,1-2H3,(H,35,37)(H,36,38). The van der Waals surface area contributed by atoms with Crippen LogP contribution in [0.3, 0.4) is 0 Å². The van der Waals surface area contributed by atoms with Crippen molar-refractivity contribution in [1.82, 2.24) is 5.43 Å². The van der Waals surface area contributed by atoms with E-state index in [9.17, 15) is 14.4 Å². The van der Waals surface area contributed by atoms with Gasteiger partial charge in [-0.2, -0.15) is 5.10 Å². The zero-order valence-electron chi connectivity index (χ0n) is 22.5. The molecule has 0 heterocycles. The lowest BCUT2D eigenvalue weighted by Gasteiger charge is -2.12. The number of hydrogen-bond acceptors (Lipinski definition) is 7. The van der Waals surface area contributed by atoms with Crippen molar-refractivity contribution in [3.63, 3.8) is 0 Å². The number of nitrogens with one attached hydrogen (secondary N) is 2. The Hall–Kier alpha value is -4.86. The van der Waals surface area contributed by atoms with Crippen LogP contribution in [-0.4, -0.2) is 37.7 Å². The largest absolute Gasteiger partial charge is 0.497 e. The Kier molecular flexibility index (Phi) is 10.1. The van der Waals surface area contributed by atoms with Crippen LogP contribution in [-0.2, 0) is 0 Å². The van der Waals surface area contributed by atoms with Crippen LogP contribution in [0.4, 0.5) is 5.69 Å². The summed E-state index contributed by atoms with van der Waals surface area (Å²) in [5.41, 5.74) is 4.31. The van der Waals surface area contributed by atoms with Crippen LogP contribution in [0.2, 0.25) is 10.0 Å². The Morgan fingerprint density at radius 1 is 0.857 bits per heavy atom. The van der Waals surface area contributed by atoms with E-state index in [0.29, 0.717) is 39.9 Å². The molecule has 4 rings (SSSR count). The minimum Gasteiger partial charge on any atom is -0.497 e. The van der Waals surface area contributed by atoms with E-state index in [1.54, 1.807) is 67.6 Å². The average molecular weight is 606 g/mol. The van der Waals surface area contributed by atoms with Gasteiger partial charge in [-0.3, -0.25) is 9.59 Å². The summed E-state index contributed by atoms with van der Waals surface area (Å²) in [6.07, 6.45) is 1.41. The van der Waals surface area contributed by atoms with E-state index in [4.69, 9.17) is 37.4 Å². The smallest absolute Gasteiger partial charge is 0.345 e. The second-order valence-electron chi connectivity index (χ2n) is 8.62. The second-order valence-corrected chi connectivity index (χ2v) is 9.46. The zero-order valence-corrected chi connectivity index (χ0v) is 24.0. The molecule has 42 heavy (non-hydrogen) atoms. The van der Waals surface area contributed by atoms with Crippen LogP contribution in [0.1, 0.15) is 43.6 Å². The maximum Gasteiger partial charge on any atom is 0.345 e. The molecule has 0 aromatic heterocycles. The lowest BCUT2D eigenvalue weighted by molar-refractivity contribution is 0.0728. The van der Waals surface area contributed by atoms with Crippen molar-refractivity contribution in [2.45, 2.75) is 6.92 Å². The highest BCUT2D eigenvalue weighted by Crippen LogP contribution is 2.30. The summed E-state index contributed by atoms with van der Waals surface area (Å²) in [5.74, 6) is -0.472. The van der Waals surface area contributed by atoms with E-state index in [2.05, 4.69) is 15.8 Å². The van der Waals surface area contributed by atoms with E-state index < -0.39 is 11.9 Å². The molecule has 214 valence electrons. The number of nitrogens with zero attached hydrogens (tertiary/aromatic N) is 1. The highest BCUT2D eigenvalue weighted by atomic mass is 35.5. The first-order valence-electron chi connectivity index (χ1n) is 12.6. The molecule has 2 N–H and O–H groups in total. The second kappa shape index (κ2) is 14.2. The summed E-state index contributed by atoms with van der Waals surface area (Å²) < 4.78 is 16.3. The van der Waals surface area contributed by atoms with E-state index >= 15 is 0 Å². The van der Waals surface area contributed by atoms with Gasteiger partial charge in [-0.05, 0) is 85.3 Å². The number of ether oxygens (including phenoxy) is 3. The molecule has 9 nitrogen and oxygen atoms in total. The number of anilines is 1. The van der Waals surface area contributed by atoms with E-state index in [-0.39, 0.29) is 27.8 Å². The number of esters is 1. The van der Waals surface area contributed by atoms with Crippen LogP contribution < -0.4 is 25.0 Å². The van der Waals surface area contributed by atoms with Crippen molar-refractivity contribution in [1.29, 1.82) is 0 Å². The Morgan fingerprint density at radius 3 is 2.36 bits per heavy atom. The van der Waals surface area contributed by atoms with E-state index in [1.165, 1.54) is 37.6 Å². The molecule has 0 aliphatic carbocycles. The molecule has 0 saturated heterocycles. The van der Waals surface area contributed by atoms with Crippen LogP contribution in [0.15, 0.2) is 90.0 Å². The summed E-state index contributed by atoms with van der Waals surface area (Å²) in [6, 6.07) is 22.4. The van der Waals surface area contributed by atoms with Gasteiger partial charge < -0.3 is 19.5 Å². The van der Waals surface area contributed by atoms with Gasteiger partial charge in [0, 0.05) is 21.8 Å². The molecule has 0 spiro atoms. The van der Waals surface area contributed by atoms with Gasteiger partial charge in [-0.25, -0.2) is 10.2 Å². The summed E-state index contributed by atoms with van der Waals surface area (Å²) in [7, 11) is 1.52. The minimum atomic E-state index is -0.673. The minimum absolute atomic E-state index is 0.154. The molecule has 0 aliphatic heterocycles. The van der Waals surface area contributed by atoms with Gasteiger partial charge in [0.1, 0.15) is 5.75 Å². The van der Waals surface area contributed by atoms with Gasteiger partial charge in [0.05, 0.1) is 30.5 Å². The van der Waals surface area contributed by atoms with Crippen molar-refractivity contribution >= 4 is 52.9 Å². The first kappa shape index (κ1) is 30.1. The highest BCUT2D eigenvalue weighted by molar-refractivity contribution is 6.36. The maximum atomic E-state index is 12.7. The number of benzene rings is 4. The predicted octanol–water partition coefficient (Wildman–Crippen LogP) is 6.64. The lowest BCUT2D eigenvalue weighted by Crippen LogP contribution is -2.18. The lowest BCUT2D eigenvalue weighted by atomic mass is 10.1. The van der Waals surface area contributed by atoms with Gasteiger partial charge in [-0.1, -0.05) is 35.3 Å². The number of amides is 2. The number of methoxy groups -OCH3 is 1. The molecule has 4 aromatic carbocycles. The quantitative estimate of drug-likeness (QED) is 0.0906. The van der Waals surface area contributed by atoms with Gasteiger partial charge >= 0.3 is 5.97 Å². The van der Waals surface area contributed by atoms with Crippen molar-refractivity contribution < 1.29 is 28.6 Å². The third-order valence-corrected chi connectivity index (χ3v) is 6.26. The summed E-state index contributed by atoms with van der Waals surface area (Å²) in [4.78, 5) is 38.0. The number of hydrazone groups is 1. The van der Waals surface area contributed by atoms with E-state index in [1.807, 2.05) is 0 Å². The first-order valence-corrected chi connectivity index (χ1v) is 13.4. The third kappa shape index (κ3) is 7.87. The first-order chi connectivity index (χ1) is 20.3. The molecule has 0 aliphatic rings. The van der Waals surface area contributed by atoms with Gasteiger partial charge in [0.25, 0.3) is 11.8 Å². The Bertz CT molecular complexity index is 1660. The third-order valence-electron chi connectivity index (χ3n) is 5.72. The molecule has 0 fully saturated rings. The number of halogens is 2. The van der Waals surface area contributed by atoms with Crippen LogP contribution in [0.5, 0.6) is 17.2 Å². The topological polar surface area (TPSA) is 115 Å². The maximum absolute atomic E-state index is 12.7. The van der Waals surface area contributed by atoms with Crippen LogP contribution in [0.25, 0.3) is 0 Å². The number of carbonyl (C=O) groups excluding carboxylic acids is 3. The molecular formula is C31H25Cl2N3O6. The normalized spacial score (nSPS) is 10.7. The van der Waals surface area contributed by atoms with Gasteiger partial charge in [0.15, 0.2) is 11.5 Å². The van der Waals surface area contributed by atoms with Crippen molar-refractivity contribution in [3.8, 4) is 17.2 Å². The van der Waals surface area contributed by atoms with Crippen molar-refractivity contribution in [2.75, 3.05) is 19.0 Å². The number of rotatable bonds is 10. The molecule has 0 saturated carbocycles. The Balaban J connectivity index is 1.40. The van der Waals surface area contributed by atoms with Gasteiger partial charge in [-0.15, -0.1) is 0 Å². The highest BCUT2D eigenvalue weighted by Gasteiger charge is 2.16. The summed E-state index contributed by atoms with van der Waals surface area (Å²) in [6.45, 7) is 2.10. The molecule has 4 aromatic rings. The molecule has 0 bridgehead atoms. The summed E-state index contributed by atoms with van der Waals surface area (Å²) >= 11 is 12.0. The SMILES string of the molecule is CCOc1cc(C=NNC(=O)c2cccc(NC(=O)c3cccc(OC)c3)c2)ccc1OC(=O)c1ccc(Cl)cc1Cl. The monoisotopic (exact) mass is 605 g/mol. The molecule has 2 amide bonds. The van der Waals surface area contributed by atoms with Crippen molar-refractivity contribution in [3.05, 3.63) is 117 Å². The van der Waals surface area contributed by atoms with Gasteiger partial charge in [0.2, 0.25) is 0 Å². The molecule has 0 radical (unpaired) electrons. The fourth-order valence-electron chi connectivity index (χ4n) is 3.70. The number of carbonyl (C=O) groups is 3. The predicted molar refractivity (Wildman–Crippen MR) is 161 cm³/mol. The Labute approximate surface area is 252 Å². The fraction of sp³-hybridized carbons (Fsp3) is 0.0968. The van der Waals surface area contributed by atoms with E-state index in [0.717, 1.165) is 0 Å². The van der Waals surface area contributed by atoms with Crippen LogP contribution in [0, 0.1) is 0 Å². The fourth-order valence-corrected chi connectivity index (χ4v) is 4.19. The zero-order chi connectivity index (χ0) is 30.1. The molecule has 0 unspecified atom stereocenters. The molecule has 11 heteroatoms. The van der Waals surface area contributed by atoms with Crippen LogP contribution >= 0.6 is 23.2 Å². The Morgan fingerprint density at radius 2 is 1.62 bits per heavy atom. The average Bonchev–Trinajstić information content (AvgIpc) is 2.98. The molecular weight excluding hydrogens is 581 g/mol. The molecule has 0 atom stereocenters. The van der Waals surface area contributed by atoms with Crippen molar-refractivity contribution in [2.24, 2.45) is 5.10 Å². The summed E-state index contributed by atoms with van der Waals surface area (Å²) in [5, 5.41) is 7.34. The number of hydrogen-bond donors (Lipinski definition) is 2.